The molecule has 1 heterocycles. The molecule has 0 amide bonds. The lowest BCUT2D eigenvalue weighted by Gasteiger charge is -2.30. The molecule has 3 unspecified atom stereocenters. The Labute approximate surface area is 101 Å². The lowest BCUT2D eigenvalue weighted by atomic mass is 10.0. The first-order chi connectivity index (χ1) is 7.87. The average Bonchev–Trinajstić information content (AvgIpc) is 2.15. The second-order valence-electron chi connectivity index (χ2n) is 4.98. The number of ether oxygens (including phenoxy) is 1. The third kappa shape index (κ3) is 6.88. The monoisotopic (exact) mass is 253 g/mol. The van der Waals surface area contributed by atoms with Gasteiger partial charge in [-0.15, -0.1) is 0 Å². The number of nitrogens with one attached hydrogen (secondary N) is 1. The molecule has 1 rings (SSSR count). The third-order valence-electron chi connectivity index (χ3n) is 3.10. The quantitative estimate of drug-likeness (QED) is 0.812. The van der Waals surface area contributed by atoms with E-state index in [2.05, 4.69) is 5.32 Å². The van der Waals surface area contributed by atoms with E-state index in [1.165, 1.54) is 0 Å². The molecule has 0 spiro atoms. The maximum atomic E-state index is 12.0. The molecule has 102 valence electrons. The largest absolute Gasteiger partial charge is 0.389 e. The molecule has 2 nitrogen and oxygen atoms in total. The van der Waals surface area contributed by atoms with Gasteiger partial charge in [0.1, 0.15) is 0 Å². The molecule has 0 aromatic heterocycles. The Morgan fingerprint density at radius 2 is 2.12 bits per heavy atom. The lowest BCUT2D eigenvalue weighted by Crippen LogP contribution is -2.42. The molecule has 0 aromatic carbocycles. The maximum Gasteiger partial charge on any atom is 0.389 e. The van der Waals surface area contributed by atoms with Crippen molar-refractivity contribution in [2.24, 2.45) is 0 Å². The number of alkyl halides is 3. The normalized spacial score (nSPS) is 28.1. The molecule has 17 heavy (non-hydrogen) atoms. The molecule has 1 aliphatic rings. The maximum absolute atomic E-state index is 12.0. The highest BCUT2D eigenvalue weighted by molar-refractivity contribution is 4.77. The minimum absolute atomic E-state index is 0.146. The van der Waals surface area contributed by atoms with Gasteiger partial charge in [0.15, 0.2) is 0 Å². The molecule has 0 bridgehead atoms. The molecule has 1 fully saturated rings. The second-order valence-corrected chi connectivity index (χ2v) is 4.98. The summed E-state index contributed by atoms with van der Waals surface area (Å²) in [5, 5.41) is 3.39. The SMILES string of the molecule is CC(CCCC(F)(F)F)NC1CCOC(C)C1. The summed E-state index contributed by atoms with van der Waals surface area (Å²) in [5.41, 5.74) is 0. The molecule has 1 saturated heterocycles. The van der Waals surface area contributed by atoms with Gasteiger partial charge in [-0.05, 0) is 39.5 Å². The van der Waals surface area contributed by atoms with Crippen molar-refractivity contribution in [2.75, 3.05) is 6.61 Å². The van der Waals surface area contributed by atoms with Gasteiger partial charge in [0, 0.05) is 25.1 Å². The summed E-state index contributed by atoms with van der Waals surface area (Å²) >= 11 is 0. The summed E-state index contributed by atoms with van der Waals surface area (Å²) in [5.74, 6) is 0. The minimum Gasteiger partial charge on any atom is -0.378 e. The Morgan fingerprint density at radius 3 is 2.71 bits per heavy atom. The number of rotatable bonds is 5. The van der Waals surface area contributed by atoms with Crippen LogP contribution in [0.2, 0.25) is 0 Å². The molecule has 3 atom stereocenters. The molecule has 1 aliphatic heterocycles. The van der Waals surface area contributed by atoms with Crippen molar-refractivity contribution >= 4 is 0 Å². The van der Waals surface area contributed by atoms with Crippen molar-refractivity contribution in [3.05, 3.63) is 0 Å². The van der Waals surface area contributed by atoms with E-state index >= 15 is 0 Å². The number of halogens is 3. The summed E-state index contributed by atoms with van der Waals surface area (Å²) in [6.07, 6.45) is -1.77. The second kappa shape index (κ2) is 6.59. The van der Waals surface area contributed by atoms with Crippen LogP contribution in [0.5, 0.6) is 0 Å². The fourth-order valence-corrected chi connectivity index (χ4v) is 2.24. The van der Waals surface area contributed by atoms with Gasteiger partial charge in [-0.2, -0.15) is 13.2 Å². The van der Waals surface area contributed by atoms with Gasteiger partial charge in [0.25, 0.3) is 0 Å². The van der Waals surface area contributed by atoms with Crippen LogP contribution >= 0.6 is 0 Å². The van der Waals surface area contributed by atoms with Crippen molar-refractivity contribution in [1.29, 1.82) is 0 Å². The van der Waals surface area contributed by atoms with Gasteiger partial charge >= 0.3 is 6.18 Å². The van der Waals surface area contributed by atoms with E-state index < -0.39 is 12.6 Å². The van der Waals surface area contributed by atoms with Crippen LogP contribution in [0.4, 0.5) is 13.2 Å². The molecule has 0 aromatic rings. The Hall–Kier alpha value is -0.290. The lowest BCUT2D eigenvalue weighted by molar-refractivity contribution is -0.135. The fourth-order valence-electron chi connectivity index (χ4n) is 2.24. The van der Waals surface area contributed by atoms with Crippen LogP contribution in [-0.2, 0) is 4.74 Å². The van der Waals surface area contributed by atoms with Crippen LogP contribution in [0.1, 0.15) is 46.0 Å². The van der Waals surface area contributed by atoms with E-state index in [0.717, 1.165) is 19.4 Å². The zero-order valence-corrected chi connectivity index (χ0v) is 10.5. The van der Waals surface area contributed by atoms with Crippen molar-refractivity contribution < 1.29 is 17.9 Å². The molecule has 0 saturated carbocycles. The summed E-state index contributed by atoms with van der Waals surface area (Å²) < 4.78 is 41.4. The summed E-state index contributed by atoms with van der Waals surface area (Å²) in [6, 6.07) is 0.535. The Balaban J connectivity index is 2.13. The smallest absolute Gasteiger partial charge is 0.378 e. The van der Waals surface area contributed by atoms with E-state index in [-0.39, 0.29) is 18.6 Å². The predicted molar refractivity (Wildman–Crippen MR) is 60.9 cm³/mol. The van der Waals surface area contributed by atoms with E-state index in [9.17, 15) is 13.2 Å². The molecule has 0 aliphatic carbocycles. The van der Waals surface area contributed by atoms with Crippen LogP contribution in [0.15, 0.2) is 0 Å². The van der Waals surface area contributed by atoms with Gasteiger partial charge < -0.3 is 10.1 Å². The Morgan fingerprint density at radius 1 is 1.41 bits per heavy atom. The predicted octanol–water partition coefficient (Wildman–Crippen LogP) is 3.26. The Kier molecular flexibility index (Phi) is 5.73. The highest BCUT2D eigenvalue weighted by atomic mass is 19.4. The van der Waals surface area contributed by atoms with Gasteiger partial charge in [-0.3, -0.25) is 0 Å². The molecule has 5 heteroatoms. The molecular formula is C12H22F3NO. The van der Waals surface area contributed by atoms with Crippen LogP contribution in [-0.4, -0.2) is 31.0 Å². The van der Waals surface area contributed by atoms with Gasteiger partial charge in [0.05, 0.1) is 6.10 Å². The van der Waals surface area contributed by atoms with Crippen molar-refractivity contribution in [2.45, 2.75) is 70.3 Å². The zero-order valence-electron chi connectivity index (χ0n) is 10.5. The first-order valence-corrected chi connectivity index (χ1v) is 6.31. The van der Waals surface area contributed by atoms with Crippen LogP contribution in [0.25, 0.3) is 0 Å². The minimum atomic E-state index is -4.02. The Bertz CT molecular complexity index is 220. The highest BCUT2D eigenvalue weighted by Crippen LogP contribution is 2.23. The van der Waals surface area contributed by atoms with E-state index in [1.54, 1.807) is 0 Å². The number of hydrogen-bond acceptors (Lipinski definition) is 2. The standard InChI is InChI=1S/C12H22F3NO/c1-9(4-3-6-12(13,14)15)16-11-5-7-17-10(2)8-11/h9-11,16H,3-8H2,1-2H3. The van der Waals surface area contributed by atoms with E-state index in [0.29, 0.717) is 12.5 Å². The highest BCUT2D eigenvalue weighted by Gasteiger charge is 2.27. The molecule has 0 radical (unpaired) electrons. The fraction of sp³-hybridized carbons (Fsp3) is 1.00. The third-order valence-corrected chi connectivity index (χ3v) is 3.10. The summed E-state index contributed by atoms with van der Waals surface area (Å²) in [6.45, 7) is 4.73. The van der Waals surface area contributed by atoms with Crippen molar-refractivity contribution in [1.82, 2.24) is 5.32 Å². The van der Waals surface area contributed by atoms with Crippen LogP contribution in [0.3, 0.4) is 0 Å². The van der Waals surface area contributed by atoms with Crippen LogP contribution < -0.4 is 5.32 Å². The first kappa shape index (κ1) is 14.8. The zero-order chi connectivity index (χ0) is 12.9. The van der Waals surface area contributed by atoms with Crippen molar-refractivity contribution in [3.8, 4) is 0 Å². The van der Waals surface area contributed by atoms with Crippen molar-refractivity contribution in [3.63, 3.8) is 0 Å². The average molecular weight is 253 g/mol. The van der Waals surface area contributed by atoms with Crippen LogP contribution in [0, 0.1) is 0 Å². The first-order valence-electron chi connectivity index (χ1n) is 6.31. The number of hydrogen-bond donors (Lipinski definition) is 1. The van der Waals surface area contributed by atoms with E-state index in [1.807, 2.05) is 13.8 Å². The van der Waals surface area contributed by atoms with Gasteiger partial charge in [-0.25, -0.2) is 0 Å². The van der Waals surface area contributed by atoms with Gasteiger partial charge in [-0.1, -0.05) is 0 Å². The molecule has 1 N–H and O–H groups in total. The summed E-state index contributed by atoms with van der Waals surface area (Å²) in [7, 11) is 0. The molecular weight excluding hydrogens is 231 g/mol. The van der Waals surface area contributed by atoms with Gasteiger partial charge in [0.2, 0.25) is 0 Å². The topological polar surface area (TPSA) is 21.3 Å². The van der Waals surface area contributed by atoms with E-state index in [4.69, 9.17) is 4.74 Å². The summed E-state index contributed by atoms with van der Waals surface area (Å²) in [4.78, 5) is 0.